The van der Waals surface area contributed by atoms with E-state index >= 15 is 0 Å². The fraction of sp³-hybridized carbons (Fsp3) is 0.294. The van der Waals surface area contributed by atoms with Crippen LogP contribution in [-0.2, 0) is 0 Å². The summed E-state index contributed by atoms with van der Waals surface area (Å²) < 4.78 is 10.6. The van der Waals surface area contributed by atoms with E-state index in [2.05, 4.69) is 13.0 Å². The second kappa shape index (κ2) is 6.59. The van der Waals surface area contributed by atoms with Crippen molar-refractivity contribution < 1.29 is 9.47 Å². The van der Waals surface area contributed by atoms with Gasteiger partial charge >= 0.3 is 0 Å². The minimum atomic E-state index is -0.335. The van der Waals surface area contributed by atoms with Crippen molar-refractivity contribution in [2.45, 2.75) is 19.2 Å². The summed E-state index contributed by atoms with van der Waals surface area (Å²) in [5, 5.41) is 0.227. The van der Waals surface area contributed by atoms with Crippen LogP contribution in [0, 0.1) is 13.8 Å². The van der Waals surface area contributed by atoms with Crippen molar-refractivity contribution in [2.75, 3.05) is 14.2 Å². The average molecular weight is 325 g/mol. The molecule has 0 N–H and O–H groups in total. The smallest absolute Gasteiger partial charge is 0.162 e. The number of hydrogen-bond donors (Lipinski definition) is 0. The van der Waals surface area contributed by atoms with Crippen molar-refractivity contribution in [3.63, 3.8) is 0 Å². The van der Waals surface area contributed by atoms with Crippen LogP contribution in [0.15, 0.2) is 30.3 Å². The molecule has 2 aromatic rings. The normalized spacial score (nSPS) is 12.1. The van der Waals surface area contributed by atoms with Gasteiger partial charge in [-0.05, 0) is 36.6 Å². The molecule has 1 atom stereocenters. The minimum absolute atomic E-state index is 0.335. The van der Waals surface area contributed by atoms with Crippen molar-refractivity contribution in [3.8, 4) is 11.5 Å². The van der Waals surface area contributed by atoms with Crippen LogP contribution in [0.25, 0.3) is 0 Å². The van der Waals surface area contributed by atoms with Gasteiger partial charge in [0.25, 0.3) is 0 Å². The van der Waals surface area contributed by atoms with Gasteiger partial charge < -0.3 is 9.47 Å². The van der Waals surface area contributed by atoms with E-state index in [1.54, 1.807) is 20.3 Å². The van der Waals surface area contributed by atoms with Gasteiger partial charge in [-0.2, -0.15) is 0 Å². The topological polar surface area (TPSA) is 18.5 Å². The Morgan fingerprint density at radius 2 is 1.52 bits per heavy atom. The molecule has 0 amide bonds. The van der Waals surface area contributed by atoms with Gasteiger partial charge in [0, 0.05) is 11.1 Å². The van der Waals surface area contributed by atoms with Crippen molar-refractivity contribution in [2.24, 2.45) is 0 Å². The average Bonchev–Trinajstić information content (AvgIpc) is 2.46. The molecule has 0 aromatic heterocycles. The lowest BCUT2D eigenvalue weighted by Gasteiger charge is -2.17. The third-order valence-electron chi connectivity index (χ3n) is 3.47. The zero-order valence-electron chi connectivity index (χ0n) is 12.5. The van der Waals surface area contributed by atoms with Gasteiger partial charge in [0.15, 0.2) is 11.5 Å². The predicted molar refractivity (Wildman–Crippen MR) is 88.2 cm³/mol. The van der Waals surface area contributed by atoms with Crippen LogP contribution >= 0.6 is 23.2 Å². The molecule has 0 fully saturated rings. The molecule has 0 bridgehead atoms. The third kappa shape index (κ3) is 3.28. The Morgan fingerprint density at radius 3 is 2.10 bits per heavy atom. The van der Waals surface area contributed by atoms with Crippen LogP contribution in [0.4, 0.5) is 0 Å². The maximum atomic E-state index is 6.64. The highest BCUT2D eigenvalue weighted by atomic mass is 35.5. The molecule has 0 saturated carbocycles. The van der Waals surface area contributed by atoms with Crippen LogP contribution in [0.1, 0.15) is 27.6 Å². The number of halogens is 2. The summed E-state index contributed by atoms with van der Waals surface area (Å²) in [5.74, 6) is 1.21. The first-order chi connectivity index (χ1) is 9.97. The quantitative estimate of drug-likeness (QED) is 0.710. The molecular formula is C17H18Cl2O2. The molecule has 1 unspecified atom stereocenters. The Kier molecular flexibility index (Phi) is 5.02. The Bertz CT molecular complexity index is 653. The molecule has 0 aliphatic carbocycles. The minimum Gasteiger partial charge on any atom is -0.493 e. The first kappa shape index (κ1) is 16.0. The summed E-state index contributed by atoms with van der Waals surface area (Å²) in [6.45, 7) is 4.11. The molecule has 4 heteroatoms. The van der Waals surface area contributed by atoms with Crippen LogP contribution in [0.2, 0.25) is 5.02 Å². The van der Waals surface area contributed by atoms with Crippen molar-refractivity contribution >= 4 is 23.2 Å². The Hall–Kier alpha value is -1.38. The monoisotopic (exact) mass is 324 g/mol. The Balaban J connectivity index is 2.50. The number of aryl methyl sites for hydroxylation is 2. The maximum Gasteiger partial charge on any atom is 0.162 e. The largest absolute Gasteiger partial charge is 0.493 e. The van der Waals surface area contributed by atoms with Gasteiger partial charge in [0.1, 0.15) is 0 Å². The van der Waals surface area contributed by atoms with Crippen molar-refractivity contribution in [1.82, 2.24) is 0 Å². The summed E-state index contributed by atoms with van der Waals surface area (Å²) >= 11 is 13.0. The van der Waals surface area contributed by atoms with Gasteiger partial charge in [-0.3, -0.25) is 0 Å². The van der Waals surface area contributed by atoms with E-state index in [1.165, 1.54) is 5.56 Å². The molecule has 0 aliphatic rings. The predicted octanol–water partition coefficient (Wildman–Crippen LogP) is 5.30. The number of hydrogen-bond acceptors (Lipinski definition) is 2. The van der Waals surface area contributed by atoms with E-state index in [0.717, 1.165) is 16.7 Å². The van der Waals surface area contributed by atoms with Crippen molar-refractivity contribution in [1.29, 1.82) is 0 Å². The summed E-state index contributed by atoms with van der Waals surface area (Å²) in [7, 11) is 3.17. The molecule has 0 aliphatic heterocycles. The zero-order chi connectivity index (χ0) is 15.6. The lowest BCUT2D eigenvalue weighted by atomic mass is 9.98. The fourth-order valence-corrected chi connectivity index (χ4v) is 3.09. The molecular weight excluding hydrogens is 307 g/mol. The highest BCUT2D eigenvalue weighted by molar-refractivity contribution is 6.33. The molecule has 0 heterocycles. The highest BCUT2D eigenvalue weighted by Gasteiger charge is 2.19. The third-order valence-corrected chi connectivity index (χ3v) is 4.27. The lowest BCUT2D eigenvalue weighted by Crippen LogP contribution is -2.00. The van der Waals surface area contributed by atoms with Gasteiger partial charge in [0.05, 0.1) is 19.6 Å². The first-order valence-corrected chi connectivity index (χ1v) is 7.42. The molecule has 0 saturated heterocycles. The number of ether oxygens (including phenoxy) is 2. The second-order valence-electron chi connectivity index (χ2n) is 4.95. The molecule has 0 radical (unpaired) electrons. The fourth-order valence-electron chi connectivity index (χ4n) is 2.34. The number of alkyl halides is 1. The Morgan fingerprint density at radius 1 is 0.905 bits per heavy atom. The van der Waals surface area contributed by atoms with Gasteiger partial charge in [-0.25, -0.2) is 0 Å². The van der Waals surface area contributed by atoms with E-state index in [1.807, 2.05) is 25.1 Å². The zero-order valence-corrected chi connectivity index (χ0v) is 14.0. The van der Waals surface area contributed by atoms with E-state index in [0.29, 0.717) is 16.5 Å². The maximum absolute atomic E-state index is 6.64. The first-order valence-electron chi connectivity index (χ1n) is 6.60. The van der Waals surface area contributed by atoms with E-state index < -0.39 is 0 Å². The molecule has 21 heavy (non-hydrogen) atoms. The summed E-state index contributed by atoms with van der Waals surface area (Å²) in [4.78, 5) is 0. The lowest BCUT2D eigenvalue weighted by molar-refractivity contribution is 0.354. The van der Waals surface area contributed by atoms with E-state index in [9.17, 15) is 0 Å². The second-order valence-corrected chi connectivity index (χ2v) is 5.79. The van der Waals surface area contributed by atoms with Crippen LogP contribution in [0.5, 0.6) is 11.5 Å². The summed E-state index contributed by atoms with van der Waals surface area (Å²) in [6.07, 6.45) is 0. The van der Waals surface area contributed by atoms with Crippen LogP contribution in [0.3, 0.4) is 0 Å². The number of benzene rings is 2. The molecule has 2 aromatic carbocycles. The van der Waals surface area contributed by atoms with Crippen LogP contribution in [-0.4, -0.2) is 14.2 Å². The molecule has 2 rings (SSSR count). The van der Waals surface area contributed by atoms with E-state index in [4.69, 9.17) is 32.7 Å². The molecule has 112 valence electrons. The van der Waals surface area contributed by atoms with E-state index in [-0.39, 0.29) is 5.38 Å². The summed E-state index contributed by atoms with van der Waals surface area (Å²) in [5.41, 5.74) is 4.19. The van der Waals surface area contributed by atoms with Crippen molar-refractivity contribution in [3.05, 3.63) is 57.6 Å². The molecule has 0 spiro atoms. The van der Waals surface area contributed by atoms with Gasteiger partial charge in [-0.1, -0.05) is 35.4 Å². The van der Waals surface area contributed by atoms with Gasteiger partial charge in [0.2, 0.25) is 0 Å². The van der Waals surface area contributed by atoms with Gasteiger partial charge in [-0.15, -0.1) is 11.6 Å². The Labute approximate surface area is 135 Å². The standard InChI is InChI=1S/C17H18Cl2O2/c1-10-5-6-12(11(2)7-10)17(19)13-8-15(20-3)16(21-4)9-14(13)18/h5-9,17H,1-4H3. The summed E-state index contributed by atoms with van der Waals surface area (Å²) in [6, 6.07) is 9.76. The highest BCUT2D eigenvalue weighted by Crippen LogP contribution is 2.41. The SMILES string of the molecule is COc1cc(Cl)c(C(Cl)c2ccc(C)cc2C)cc1OC. The molecule has 2 nitrogen and oxygen atoms in total. The number of rotatable bonds is 4. The number of methoxy groups -OCH3 is 2. The van der Waals surface area contributed by atoms with Crippen LogP contribution < -0.4 is 9.47 Å².